The molecule has 1 aliphatic rings. The lowest BCUT2D eigenvalue weighted by Crippen LogP contribution is -2.51. The lowest BCUT2D eigenvalue weighted by molar-refractivity contribution is -0.139. The molecule has 114 valence electrons. The Hall–Kier alpha value is -2.08. The fourth-order valence-corrected chi connectivity index (χ4v) is 2.25. The number of ether oxygens (including phenoxy) is 2. The van der Waals surface area contributed by atoms with Crippen molar-refractivity contribution in [3.8, 4) is 5.75 Å². The quantitative estimate of drug-likeness (QED) is 0.908. The van der Waals surface area contributed by atoms with Gasteiger partial charge in [0.25, 0.3) is 5.91 Å². The van der Waals surface area contributed by atoms with Gasteiger partial charge in [-0.05, 0) is 32.0 Å². The second-order valence-electron chi connectivity index (χ2n) is 5.03. The predicted octanol–water partition coefficient (Wildman–Crippen LogP) is 1.40. The van der Waals surface area contributed by atoms with E-state index in [-0.39, 0.29) is 18.1 Å². The minimum Gasteiger partial charge on any atom is -0.482 e. The molecule has 1 saturated heterocycles. The van der Waals surface area contributed by atoms with Gasteiger partial charge in [-0.1, -0.05) is 6.07 Å². The molecule has 0 saturated carbocycles. The van der Waals surface area contributed by atoms with Crippen LogP contribution >= 0.6 is 0 Å². The largest absolute Gasteiger partial charge is 0.482 e. The third-order valence-electron chi connectivity index (χ3n) is 3.59. The second-order valence-corrected chi connectivity index (χ2v) is 5.03. The highest BCUT2D eigenvalue weighted by Gasteiger charge is 2.29. The molecule has 1 aliphatic heterocycles. The summed E-state index contributed by atoms with van der Waals surface area (Å²) in [5, 5.41) is 8.61. The normalized spacial score (nSPS) is 21.9. The van der Waals surface area contributed by atoms with E-state index < -0.39 is 12.6 Å². The van der Waals surface area contributed by atoms with Crippen LogP contribution in [0.5, 0.6) is 5.75 Å². The number of benzene rings is 1. The Morgan fingerprint density at radius 2 is 2.19 bits per heavy atom. The molecule has 1 amide bonds. The number of hydrogen-bond donors (Lipinski definition) is 1. The van der Waals surface area contributed by atoms with Gasteiger partial charge >= 0.3 is 5.97 Å². The molecule has 0 bridgehead atoms. The average molecular weight is 293 g/mol. The topological polar surface area (TPSA) is 76.1 Å². The Labute approximate surface area is 123 Å². The van der Waals surface area contributed by atoms with Crippen molar-refractivity contribution in [1.29, 1.82) is 0 Å². The fraction of sp³-hybridized carbons (Fsp3) is 0.467. The van der Waals surface area contributed by atoms with Crippen molar-refractivity contribution in [3.05, 3.63) is 29.8 Å². The standard InChI is InChI=1S/C15H19NO5/c1-10-11(2)20-7-6-16(10)15(19)12-4-3-5-13(8-12)21-9-14(17)18/h3-5,8,10-11H,6-7,9H2,1-2H3,(H,17,18). The van der Waals surface area contributed by atoms with Crippen molar-refractivity contribution in [3.63, 3.8) is 0 Å². The third kappa shape index (κ3) is 3.72. The number of carbonyl (C=O) groups excluding carboxylic acids is 1. The first-order chi connectivity index (χ1) is 9.99. The number of carboxylic acids is 1. The third-order valence-corrected chi connectivity index (χ3v) is 3.59. The van der Waals surface area contributed by atoms with E-state index in [0.29, 0.717) is 24.5 Å². The highest BCUT2D eigenvalue weighted by atomic mass is 16.5. The maximum atomic E-state index is 12.5. The van der Waals surface area contributed by atoms with Gasteiger partial charge in [0.05, 0.1) is 18.8 Å². The molecule has 0 radical (unpaired) electrons. The number of morpholine rings is 1. The summed E-state index contributed by atoms with van der Waals surface area (Å²) < 4.78 is 10.6. The van der Waals surface area contributed by atoms with E-state index in [4.69, 9.17) is 14.6 Å². The summed E-state index contributed by atoms with van der Waals surface area (Å²) in [6, 6.07) is 6.57. The van der Waals surface area contributed by atoms with E-state index in [1.54, 1.807) is 29.2 Å². The summed E-state index contributed by atoms with van der Waals surface area (Å²) in [5.74, 6) is -0.780. The summed E-state index contributed by atoms with van der Waals surface area (Å²) in [4.78, 5) is 24.8. The first-order valence-electron chi connectivity index (χ1n) is 6.86. The maximum Gasteiger partial charge on any atom is 0.341 e. The summed E-state index contributed by atoms with van der Waals surface area (Å²) >= 11 is 0. The number of hydrogen-bond acceptors (Lipinski definition) is 4. The number of carboxylic acid groups (broad SMARTS) is 1. The van der Waals surface area contributed by atoms with Gasteiger partial charge in [0.2, 0.25) is 0 Å². The van der Waals surface area contributed by atoms with Crippen molar-refractivity contribution in [2.24, 2.45) is 0 Å². The van der Waals surface area contributed by atoms with Crippen LogP contribution in [0.2, 0.25) is 0 Å². The molecule has 0 spiro atoms. The lowest BCUT2D eigenvalue weighted by Gasteiger charge is -2.37. The van der Waals surface area contributed by atoms with Gasteiger partial charge in [-0.25, -0.2) is 4.79 Å². The van der Waals surface area contributed by atoms with Gasteiger partial charge < -0.3 is 19.5 Å². The molecule has 2 atom stereocenters. The second kappa shape index (κ2) is 6.58. The molecule has 1 aromatic rings. The average Bonchev–Trinajstić information content (AvgIpc) is 2.47. The zero-order chi connectivity index (χ0) is 15.4. The Bertz CT molecular complexity index is 531. The number of amides is 1. The van der Waals surface area contributed by atoms with Gasteiger partial charge in [-0.15, -0.1) is 0 Å². The van der Waals surface area contributed by atoms with Crippen LogP contribution in [0.4, 0.5) is 0 Å². The SMILES string of the molecule is CC1OCCN(C(=O)c2cccc(OCC(=O)O)c2)C1C. The zero-order valence-corrected chi connectivity index (χ0v) is 12.1. The smallest absolute Gasteiger partial charge is 0.341 e. The van der Waals surface area contributed by atoms with Crippen LogP contribution in [0.3, 0.4) is 0 Å². The molecule has 1 fully saturated rings. The molecule has 1 N–H and O–H groups in total. The van der Waals surface area contributed by atoms with E-state index in [2.05, 4.69) is 0 Å². The molecule has 6 heteroatoms. The van der Waals surface area contributed by atoms with Crippen LogP contribution < -0.4 is 4.74 Å². The molecule has 2 unspecified atom stereocenters. The van der Waals surface area contributed by atoms with E-state index in [9.17, 15) is 9.59 Å². The molecule has 1 aromatic carbocycles. The summed E-state index contributed by atoms with van der Waals surface area (Å²) in [6.07, 6.45) is -0.00542. The molecule has 2 rings (SSSR count). The maximum absolute atomic E-state index is 12.5. The first-order valence-corrected chi connectivity index (χ1v) is 6.86. The van der Waals surface area contributed by atoms with Crippen LogP contribution in [0.15, 0.2) is 24.3 Å². The van der Waals surface area contributed by atoms with Crippen molar-refractivity contribution in [1.82, 2.24) is 4.90 Å². The fourth-order valence-electron chi connectivity index (χ4n) is 2.25. The van der Waals surface area contributed by atoms with Gasteiger partial charge in [-0.2, -0.15) is 0 Å². The molecule has 1 heterocycles. The molecular weight excluding hydrogens is 274 g/mol. The van der Waals surface area contributed by atoms with E-state index >= 15 is 0 Å². The van der Waals surface area contributed by atoms with Gasteiger partial charge in [-0.3, -0.25) is 4.79 Å². The Balaban J connectivity index is 2.11. The zero-order valence-electron chi connectivity index (χ0n) is 12.1. The number of rotatable bonds is 4. The molecule has 6 nitrogen and oxygen atoms in total. The number of carbonyl (C=O) groups is 2. The van der Waals surface area contributed by atoms with E-state index in [1.807, 2.05) is 13.8 Å². The van der Waals surface area contributed by atoms with Gasteiger partial charge in [0, 0.05) is 12.1 Å². The predicted molar refractivity (Wildman–Crippen MR) is 75.5 cm³/mol. The van der Waals surface area contributed by atoms with E-state index in [1.165, 1.54) is 0 Å². The molecule has 21 heavy (non-hydrogen) atoms. The van der Waals surface area contributed by atoms with Gasteiger partial charge in [0.1, 0.15) is 5.75 Å². The van der Waals surface area contributed by atoms with Crippen LogP contribution in [-0.2, 0) is 9.53 Å². The molecule has 0 aromatic heterocycles. The Morgan fingerprint density at radius 1 is 1.43 bits per heavy atom. The number of nitrogens with zero attached hydrogens (tertiary/aromatic N) is 1. The molecular formula is C15H19NO5. The highest BCUT2D eigenvalue weighted by Crippen LogP contribution is 2.19. The van der Waals surface area contributed by atoms with Crippen LogP contribution in [0.1, 0.15) is 24.2 Å². The van der Waals surface area contributed by atoms with Crippen LogP contribution in [-0.4, -0.2) is 53.8 Å². The van der Waals surface area contributed by atoms with Gasteiger partial charge in [0.15, 0.2) is 6.61 Å². The van der Waals surface area contributed by atoms with Crippen molar-refractivity contribution >= 4 is 11.9 Å². The first kappa shape index (κ1) is 15.3. The minimum absolute atomic E-state index is 0.00477. The highest BCUT2D eigenvalue weighted by molar-refractivity contribution is 5.95. The number of aliphatic carboxylic acids is 1. The summed E-state index contributed by atoms with van der Waals surface area (Å²) in [7, 11) is 0. The lowest BCUT2D eigenvalue weighted by atomic mass is 10.1. The summed E-state index contributed by atoms with van der Waals surface area (Å²) in [6.45, 7) is 4.53. The van der Waals surface area contributed by atoms with Crippen molar-refractivity contribution in [2.45, 2.75) is 26.0 Å². The minimum atomic E-state index is -1.05. The van der Waals surface area contributed by atoms with Crippen molar-refractivity contribution < 1.29 is 24.2 Å². The Kier molecular flexibility index (Phi) is 4.80. The molecule has 0 aliphatic carbocycles. The van der Waals surface area contributed by atoms with Crippen LogP contribution in [0.25, 0.3) is 0 Å². The van der Waals surface area contributed by atoms with E-state index in [0.717, 1.165) is 0 Å². The van der Waals surface area contributed by atoms with Crippen LogP contribution in [0, 0.1) is 0 Å². The Morgan fingerprint density at radius 3 is 2.90 bits per heavy atom. The van der Waals surface area contributed by atoms with Crippen molar-refractivity contribution in [2.75, 3.05) is 19.8 Å². The monoisotopic (exact) mass is 293 g/mol. The summed E-state index contributed by atoms with van der Waals surface area (Å²) in [5.41, 5.74) is 0.485.